The number of pyridine rings is 2. The molecule has 21 heavy (non-hydrogen) atoms. The fourth-order valence-electron chi connectivity index (χ4n) is 2.20. The van der Waals surface area contributed by atoms with Crippen LogP contribution in [0.5, 0.6) is 0 Å². The van der Waals surface area contributed by atoms with E-state index in [2.05, 4.69) is 20.6 Å². The van der Waals surface area contributed by atoms with Gasteiger partial charge in [-0.25, -0.2) is 4.98 Å². The monoisotopic (exact) mass is 278 g/mol. The molecule has 2 N–H and O–H groups in total. The lowest BCUT2D eigenvalue weighted by molar-refractivity contribution is 0.102. The van der Waals surface area contributed by atoms with Gasteiger partial charge in [0.15, 0.2) is 0 Å². The van der Waals surface area contributed by atoms with Crippen molar-refractivity contribution in [2.75, 3.05) is 17.7 Å². The highest BCUT2D eigenvalue weighted by molar-refractivity contribution is 6.11. The first-order valence-electron chi connectivity index (χ1n) is 6.56. The maximum absolute atomic E-state index is 12.4. The molecule has 0 aliphatic heterocycles. The summed E-state index contributed by atoms with van der Waals surface area (Å²) in [5, 5.41) is 7.77. The average molecular weight is 278 g/mol. The van der Waals surface area contributed by atoms with Crippen molar-refractivity contribution >= 4 is 28.2 Å². The third kappa shape index (κ3) is 2.53. The second-order valence-electron chi connectivity index (χ2n) is 4.51. The number of carbonyl (C=O) groups excluding carboxylic acids is 1. The summed E-state index contributed by atoms with van der Waals surface area (Å²) in [5.41, 5.74) is 1.23. The molecule has 3 aromatic rings. The second-order valence-corrected chi connectivity index (χ2v) is 4.51. The van der Waals surface area contributed by atoms with Crippen LogP contribution in [0, 0.1) is 0 Å². The van der Waals surface area contributed by atoms with Gasteiger partial charge in [0.05, 0.1) is 11.3 Å². The molecule has 0 unspecified atom stereocenters. The molecule has 5 nitrogen and oxygen atoms in total. The predicted octanol–water partition coefficient (Wildman–Crippen LogP) is 2.92. The van der Waals surface area contributed by atoms with E-state index in [1.165, 1.54) is 0 Å². The number of fused-ring (bicyclic) bond motifs is 1. The normalized spacial score (nSPS) is 10.3. The second kappa shape index (κ2) is 5.58. The lowest BCUT2D eigenvalue weighted by atomic mass is 10.1. The van der Waals surface area contributed by atoms with Gasteiger partial charge >= 0.3 is 0 Å². The molecule has 0 atom stereocenters. The Morgan fingerprint density at radius 1 is 1.10 bits per heavy atom. The minimum absolute atomic E-state index is 0.205. The molecule has 0 saturated carbocycles. The van der Waals surface area contributed by atoms with Gasteiger partial charge in [0.1, 0.15) is 5.82 Å². The molecule has 0 spiro atoms. The van der Waals surface area contributed by atoms with Gasteiger partial charge in [-0.3, -0.25) is 9.78 Å². The molecule has 2 aromatic heterocycles. The van der Waals surface area contributed by atoms with E-state index >= 15 is 0 Å². The van der Waals surface area contributed by atoms with Crippen LogP contribution in [0.1, 0.15) is 10.4 Å². The van der Waals surface area contributed by atoms with Gasteiger partial charge in [0, 0.05) is 31.0 Å². The van der Waals surface area contributed by atoms with Crippen molar-refractivity contribution in [3.8, 4) is 0 Å². The lowest BCUT2D eigenvalue weighted by Crippen LogP contribution is -2.14. The molecule has 0 aliphatic carbocycles. The van der Waals surface area contributed by atoms with Crippen LogP contribution in [0.3, 0.4) is 0 Å². The number of aromatic nitrogens is 2. The highest BCUT2D eigenvalue weighted by atomic mass is 16.1. The van der Waals surface area contributed by atoms with Crippen LogP contribution in [0.25, 0.3) is 10.8 Å². The van der Waals surface area contributed by atoms with Crippen molar-refractivity contribution < 1.29 is 4.79 Å². The Morgan fingerprint density at radius 2 is 2.00 bits per heavy atom. The first-order valence-corrected chi connectivity index (χ1v) is 6.56. The molecule has 0 aliphatic rings. The van der Waals surface area contributed by atoms with Crippen molar-refractivity contribution in [1.29, 1.82) is 0 Å². The molecule has 3 rings (SSSR count). The molecular weight excluding hydrogens is 264 g/mol. The van der Waals surface area contributed by atoms with Crippen LogP contribution in [-0.2, 0) is 0 Å². The molecular formula is C16H14N4O. The molecule has 1 aromatic carbocycles. The van der Waals surface area contributed by atoms with E-state index in [0.29, 0.717) is 11.4 Å². The van der Waals surface area contributed by atoms with Crippen molar-refractivity contribution in [3.63, 3.8) is 0 Å². The first-order chi connectivity index (χ1) is 10.3. The summed E-state index contributed by atoms with van der Waals surface area (Å²) in [6, 6.07) is 11.1. The SMILES string of the molecule is CNc1ncccc1C(=O)Nc1cccc2ccncc12. The van der Waals surface area contributed by atoms with Gasteiger partial charge < -0.3 is 10.6 Å². The van der Waals surface area contributed by atoms with Crippen LogP contribution in [0.2, 0.25) is 0 Å². The number of rotatable bonds is 3. The highest BCUT2D eigenvalue weighted by Crippen LogP contribution is 2.23. The van der Waals surface area contributed by atoms with Gasteiger partial charge in [-0.2, -0.15) is 0 Å². The number of nitrogens with one attached hydrogen (secondary N) is 2. The smallest absolute Gasteiger partial charge is 0.259 e. The third-order valence-electron chi connectivity index (χ3n) is 3.22. The molecule has 0 saturated heterocycles. The summed E-state index contributed by atoms with van der Waals surface area (Å²) in [5.74, 6) is 0.345. The molecule has 0 fully saturated rings. The number of amides is 1. The largest absolute Gasteiger partial charge is 0.372 e. The Balaban J connectivity index is 1.97. The van der Waals surface area contributed by atoms with Crippen LogP contribution < -0.4 is 10.6 Å². The van der Waals surface area contributed by atoms with Crippen LogP contribution in [-0.4, -0.2) is 22.9 Å². The maximum Gasteiger partial charge on any atom is 0.259 e. The minimum atomic E-state index is -0.205. The van der Waals surface area contributed by atoms with E-state index < -0.39 is 0 Å². The Kier molecular flexibility index (Phi) is 3.47. The van der Waals surface area contributed by atoms with E-state index in [-0.39, 0.29) is 5.91 Å². The highest BCUT2D eigenvalue weighted by Gasteiger charge is 2.12. The average Bonchev–Trinajstić information content (AvgIpc) is 2.55. The predicted molar refractivity (Wildman–Crippen MR) is 83.5 cm³/mol. The van der Waals surface area contributed by atoms with Crippen molar-refractivity contribution in [2.24, 2.45) is 0 Å². The third-order valence-corrected chi connectivity index (χ3v) is 3.22. The molecule has 2 heterocycles. The van der Waals surface area contributed by atoms with E-state index in [0.717, 1.165) is 16.5 Å². The number of nitrogens with zero attached hydrogens (tertiary/aromatic N) is 2. The standard InChI is InChI=1S/C16H14N4O/c1-17-15-12(5-3-8-19-15)16(21)20-14-6-2-4-11-7-9-18-10-13(11)14/h2-10H,1H3,(H,17,19)(H,20,21). The fraction of sp³-hybridized carbons (Fsp3) is 0.0625. The first kappa shape index (κ1) is 13.1. The van der Waals surface area contributed by atoms with Crippen molar-refractivity contribution in [1.82, 2.24) is 9.97 Å². The summed E-state index contributed by atoms with van der Waals surface area (Å²) in [6.07, 6.45) is 5.12. The minimum Gasteiger partial charge on any atom is -0.372 e. The van der Waals surface area contributed by atoms with E-state index in [1.807, 2.05) is 24.3 Å². The topological polar surface area (TPSA) is 66.9 Å². The fourth-order valence-corrected chi connectivity index (χ4v) is 2.20. The van der Waals surface area contributed by atoms with Crippen molar-refractivity contribution in [2.45, 2.75) is 0 Å². The van der Waals surface area contributed by atoms with E-state index in [9.17, 15) is 4.79 Å². The molecule has 0 bridgehead atoms. The Hall–Kier alpha value is -2.95. The van der Waals surface area contributed by atoms with Crippen molar-refractivity contribution in [3.05, 3.63) is 60.6 Å². The lowest BCUT2D eigenvalue weighted by Gasteiger charge is -2.10. The van der Waals surface area contributed by atoms with E-state index in [1.54, 1.807) is 37.8 Å². The molecule has 0 radical (unpaired) electrons. The summed E-state index contributed by atoms with van der Waals surface area (Å²) >= 11 is 0. The van der Waals surface area contributed by atoms with Gasteiger partial charge in [-0.15, -0.1) is 0 Å². The number of benzene rings is 1. The van der Waals surface area contributed by atoms with Crippen LogP contribution in [0.4, 0.5) is 11.5 Å². The summed E-state index contributed by atoms with van der Waals surface area (Å²) in [6.45, 7) is 0. The van der Waals surface area contributed by atoms with Gasteiger partial charge in [0.25, 0.3) is 5.91 Å². The van der Waals surface area contributed by atoms with Gasteiger partial charge in [0.2, 0.25) is 0 Å². The Bertz CT molecular complexity index is 796. The quantitative estimate of drug-likeness (QED) is 0.773. The summed E-state index contributed by atoms with van der Waals surface area (Å²) < 4.78 is 0. The van der Waals surface area contributed by atoms with Gasteiger partial charge in [-0.05, 0) is 29.7 Å². The Morgan fingerprint density at radius 3 is 2.86 bits per heavy atom. The summed E-state index contributed by atoms with van der Waals surface area (Å²) in [7, 11) is 1.74. The molecule has 104 valence electrons. The maximum atomic E-state index is 12.4. The number of hydrogen-bond donors (Lipinski definition) is 2. The Labute approximate surface area is 122 Å². The zero-order valence-corrected chi connectivity index (χ0v) is 11.5. The zero-order valence-electron chi connectivity index (χ0n) is 11.5. The molecule has 5 heteroatoms. The summed E-state index contributed by atoms with van der Waals surface area (Å²) in [4.78, 5) is 20.7. The van der Waals surface area contributed by atoms with Crippen LogP contribution in [0.15, 0.2) is 55.0 Å². The van der Waals surface area contributed by atoms with E-state index in [4.69, 9.17) is 0 Å². The number of hydrogen-bond acceptors (Lipinski definition) is 4. The number of carbonyl (C=O) groups is 1. The number of anilines is 2. The molecule has 1 amide bonds. The zero-order chi connectivity index (χ0) is 14.7. The van der Waals surface area contributed by atoms with Crippen LogP contribution >= 0.6 is 0 Å². The van der Waals surface area contributed by atoms with Gasteiger partial charge in [-0.1, -0.05) is 12.1 Å².